The van der Waals surface area contributed by atoms with Crippen LogP contribution in [0.2, 0.25) is 18.1 Å². The van der Waals surface area contributed by atoms with Crippen molar-refractivity contribution in [2.24, 2.45) is 11.8 Å². The van der Waals surface area contributed by atoms with Gasteiger partial charge in [-0.1, -0.05) is 50.3 Å². The molecule has 3 atom stereocenters. The van der Waals surface area contributed by atoms with Gasteiger partial charge in [-0.05, 0) is 63.1 Å². The van der Waals surface area contributed by atoms with Crippen LogP contribution in [0.15, 0.2) is 34.0 Å². The van der Waals surface area contributed by atoms with Crippen molar-refractivity contribution in [2.75, 3.05) is 5.75 Å². The highest BCUT2D eigenvalue weighted by Crippen LogP contribution is 2.39. The predicted octanol–water partition coefficient (Wildman–Crippen LogP) is 7.61. The highest BCUT2D eigenvalue weighted by molar-refractivity contribution is 8.01. The van der Waals surface area contributed by atoms with Crippen LogP contribution in [0.3, 0.4) is 0 Å². The van der Waals surface area contributed by atoms with Gasteiger partial charge >= 0.3 is 5.97 Å². The molecule has 0 radical (unpaired) electrons. The highest BCUT2D eigenvalue weighted by Gasteiger charge is 2.39. The van der Waals surface area contributed by atoms with Gasteiger partial charge in [0.25, 0.3) is 0 Å². The van der Waals surface area contributed by atoms with Crippen LogP contribution in [0, 0.1) is 11.8 Å². The lowest BCUT2D eigenvalue weighted by Crippen LogP contribution is -2.43. The van der Waals surface area contributed by atoms with Crippen LogP contribution in [-0.2, 0) is 9.22 Å². The van der Waals surface area contributed by atoms with Gasteiger partial charge in [-0.25, -0.2) is 9.78 Å². The average molecular weight is 524 g/mol. The number of carbonyl (C=O) groups excluding carboxylic acids is 1. The fourth-order valence-corrected chi connectivity index (χ4v) is 7.16. The first-order chi connectivity index (χ1) is 15.8. The molecule has 190 valence electrons. The molecule has 0 saturated heterocycles. The average Bonchev–Trinajstić information content (AvgIpc) is 3.33. The third-order valence-corrected chi connectivity index (χ3v) is 13.5. The number of thioether (sulfide) groups is 1. The summed E-state index contributed by atoms with van der Waals surface area (Å²) in [6, 6.07) is 0. The van der Waals surface area contributed by atoms with Gasteiger partial charge in [-0.15, -0.1) is 17.9 Å². The molecule has 0 aliphatic heterocycles. The summed E-state index contributed by atoms with van der Waals surface area (Å²) in [5.74, 6) is 0.421. The number of carboxylic acid groups (broad SMARTS) is 1. The molecule has 34 heavy (non-hydrogen) atoms. The normalized spacial score (nSPS) is 20.2. The zero-order valence-corrected chi connectivity index (χ0v) is 24.2. The quantitative estimate of drug-likeness (QED) is 0.163. The van der Waals surface area contributed by atoms with Crippen LogP contribution < -0.4 is 0 Å². The molecule has 8 heteroatoms. The van der Waals surface area contributed by atoms with Gasteiger partial charge in [0.2, 0.25) is 0 Å². The molecule has 1 aromatic heterocycles. The Morgan fingerprint density at radius 3 is 2.74 bits per heavy atom. The maximum Gasteiger partial charge on any atom is 0.355 e. The zero-order valence-electron chi connectivity index (χ0n) is 21.6. The number of nitrogens with zero attached hydrogens (tertiary/aromatic N) is 1. The number of ketones is 1. The topological polar surface area (TPSA) is 76.5 Å². The molecular formula is C26H41NO4S2Si. The smallest absolute Gasteiger partial charge is 0.355 e. The van der Waals surface area contributed by atoms with Gasteiger partial charge < -0.3 is 9.53 Å². The summed E-state index contributed by atoms with van der Waals surface area (Å²) in [6.45, 7) is 17.5. The molecule has 1 N–H and O–H groups in total. The molecule has 0 amide bonds. The van der Waals surface area contributed by atoms with Crippen molar-refractivity contribution in [3.8, 4) is 0 Å². The molecule has 5 nitrogen and oxygen atoms in total. The second-order valence-electron chi connectivity index (χ2n) is 10.9. The Kier molecular flexibility index (Phi) is 10.8. The summed E-state index contributed by atoms with van der Waals surface area (Å²) in [5.41, 5.74) is 1.27. The summed E-state index contributed by atoms with van der Waals surface area (Å²) in [4.78, 5) is 27.7. The van der Waals surface area contributed by atoms with E-state index in [1.807, 2.05) is 0 Å². The number of hydrogen-bond donors (Lipinski definition) is 1. The maximum atomic E-state index is 12.5. The monoisotopic (exact) mass is 523 g/mol. The Hall–Kier alpha value is -1.22. The van der Waals surface area contributed by atoms with E-state index in [1.165, 1.54) is 16.9 Å². The largest absolute Gasteiger partial charge is 0.476 e. The van der Waals surface area contributed by atoms with Crippen LogP contribution in [0.1, 0.15) is 76.7 Å². The van der Waals surface area contributed by atoms with Crippen molar-refractivity contribution in [3.63, 3.8) is 0 Å². The SMILES string of the molecule is C=C(C)CCC(CC=C[C@H]1CCC(=O)[C@@H]1CCSc1nc(C(=O)O)cs1)O[Si](C)(C)C(C)(C)C. The predicted molar refractivity (Wildman–Crippen MR) is 146 cm³/mol. The van der Waals surface area contributed by atoms with Gasteiger partial charge in [0.05, 0.1) is 0 Å². The van der Waals surface area contributed by atoms with Crippen molar-refractivity contribution in [1.82, 2.24) is 4.98 Å². The lowest BCUT2D eigenvalue weighted by Gasteiger charge is -2.39. The number of carbonyl (C=O) groups is 2. The van der Waals surface area contributed by atoms with Gasteiger partial charge in [-0.3, -0.25) is 4.79 Å². The minimum atomic E-state index is -1.86. The Morgan fingerprint density at radius 2 is 2.15 bits per heavy atom. The van der Waals surface area contributed by atoms with E-state index < -0.39 is 14.3 Å². The summed E-state index contributed by atoms with van der Waals surface area (Å²) >= 11 is 2.89. The highest BCUT2D eigenvalue weighted by atomic mass is 32.2. The Morgan fingerprint density at radius 1 is 1.44 bits per heavy atom. The molecule has 1 aliphatic rings. The lowest BCUT2D eigenvalue weighted by atomic mass is 9.92. The molecule has 1 saturated carbocycles. The standard InChI is InChI=1S/C26H41NO4S2Si/c1-18(2)11-13-20(31-34(6,7)26(3,4)5)10-8-9-19-12-14-23(28)21(19)15-16-32-25-27-22(17-33-25)24(29)30/h8-9,17,19-21H,1,10-16H2,2-7H3,(H,29,30)/t19-,20?,21+/m0/s1. The lowest BCUT2D eigenvalue weighted by molar-refractivity contribution is -0.121. The minimum absolute atomic E-state index is 0.0397. The first-order valence-electron chi connectivity index (χ1n) is 12.1. The summed E-state index contributed by atoms with van der Waals surface area (Å²) < 4.78 is 7.48. The molecule has 1 aliphatic carbocycles. The molecule has 0 aromatic carbocycles. The molecule has 0 bridgehead atoms. The van der Waals surface area contributed by atoms with E-state index in [0.717, 1.165) is 42.2 Å². The van der Waals surface area contributed by atoms with Crippen LogP contribution in [-0.4, -0.2) is 42.0 Å². The van der Waals surface area contributed by atoms with Crippen molar-refractivity contribution in [2.45, 2.75) is 94.8 Å². The van der Waals surface area contributed by atoms with Crippen LogP contribution in [0.25, 0.3) is 0 Å². The van der Waals surface area contributed by atoms with E-state index in [2.05, 4.69) is 64.5 Å². The Bertz CT molecular complexity index is 888. The van der Waals surface area contributed by atoms with Crippen molar-refractivity contribution < 1.29 is 19.1 Å². The number of Topliss-reactive ketones (excluding diaryl/α,β-unsaturated/α-hetero) is 1. The van der Waals surface area contributed by atoms with E-state index in [-0.39, 0.29) is 28.7 Å². The number of carboxylic acids is 1. The first-order valence-corrected chi connectivity index (χ1v) is 16.9. The Balaban J connectivity index is 1.94. The fraction of sp³-hybridized carbons (Fsp3) is 0.654. The van der Waals surface area contributed by atoms with E-state index in [0.29, 0.717) is 12.2 Å². The van der Waals surface area contributed by atoms with Crippen molar-refractivity contribution in [1.29, 1.82) is 0 Å². The molecule has 1 aromatic rings. The summed E-state index contributed by atoms with van der Waals surface area (Å²) in [6.07, 6.45) is 9.80. The molecule has 1 unspecified atom stereocenters. The van der Waals surface area contributed by atoms with Gasteiger partial charge in [0.15, 0.2) is 18.4 Å². The van der Waals surface area contributed by atoms with E-state index in [1.54, 1.807) is 17.1 Å². The summed E-state index contributed by atoms with van der Waals surface area (Å²) in [7, 11) is -1.86. The number of aromatic carboxylic acids is 1. The van der Waals surface area contributed by atoms with Crippen LogP contribution in [0.4, 0.5) is 0 Å². The third kappa shape index (κ3) is 8.77. The first kappa shape index (κ1) is 29.0. The molecule has 1 heterocycles. The zero-order chi connectivity index (χ0) is 25.5. The number of rotatable bonds is 13. The van der Waals surface area contributed by atoms with Crippen LogP contribution in [0.5, 0.6) is 0 Å². The number of thiazole rings is 1. The molecule has 0 spiro atoms. The van der Waals surface area contributed by atoms with Crippen molar-refractivity contribution in [3.05, 3.63) is 35.4 Å². The van der Waals surface area contributed by atoms with E-state index in [9.17, 15) is 9.59 Å². The minimum Gasteiger partial charge on any atom is -0.476 e. The van der Waals surface area contributed by atoms with Gasteiger partial charge in [-0.2, -0.15) is 0 Å². The van der Waals surface area contributed by atoms with Gasteiger partial charge in [0, 0.05) is 29.6 Å². The second kappa shape index (κ2) is 12.7. The Labute approximate surface area is 214 Å². The number of aromatic nitrogens is 1. The summed E-state index contributed by atoms with van der Waals surface area (Å²) in [5, 5.41) is 10.8. The molecule has 2 rings (SSSR count). The van der Waals surface area contributed by atoms with E-state index in [4.69, 9.17) is 9.53 Å². The third-order valence-electron chi connectivity index (χ3n) is 6.95. The van der Waals surface area contributed by atoms with Crippen molar-refractivity contribution >= 4 is 43.2 Å². The van der Waals surface area contributed by atoms with Gasteiger partial charge in [0.1, 0.15) is 5.78 Å². The molecule has 1 fully saturated rings. The maximum absolute atomic E-state index is 12.5. The van der Waals surface area contributed by atoms with Crippen LogP contribution >= 0.6 is 23.1 Å². The second-order valence-corrected chi connectivity index (χ2v) is 17.8. The fourth-order valence-electron chi connectivity index (χ4n) is 3.87. The number of hydrogen-bond acceptors (Lipinski definition) is 6. The van der Waals surface area contributed by atoms with E-state index >= 15 is 0 Å². The number of allylic oxidation sites excluding steroid dienone is 2. The molecular weight excluding hydrogens is 483 g/mol.